The van der Waals surface area contributed by atoms with Gasteiger partial charge in [-0.15, -0.1) is 0 Å². The average Bonchev–Trinajstić information content (AvgIpc) is 3.05. The molecule has 1 fully saturated rings. The van der Waals surface area contributed by atoms with E-state index < -0.39 is 16.8 Å². The van der Waals surface area contributed by atoms with Gasteiger partial charge in [-0.25, -0.2) is 4.90 Å². The third-order valence-electron chi connectivity index (χ3n) is 6.83. The Balaban J connectivity index is 1.56. The number of nitrogens with zero attached hydrogens (tertiary/aromatic N) is 2. The third kappa shape index (κ3) is 2.28. The van der Waals surface area contributed by atoms with E-state index in [1.807, 2.05) is 48.5 Å². The Bertz CT molecular complexity index is 1200. The van der Waals surface area contributed by atoms with E-state index in [2.05, 4.69) is 0 Å². The summed E-state index contributed by atoms with van der Waals surface area (Å²) in [6.07, 6.45) is 0. The van der Waals surface area contributed by atoms with Gasteiger partial charge in [-0.1, -0.05) is 60.1 Å². The average molecular weight is 431 g/mol. The molecule has 31 heavy (non-hydrogen) atoms. The lowest BCUT2D eigenvalue weighted by atomic mass is 9.55. The Labute approximate surface area is 182 Å². The van der Waals surface area contributed by atoms with E-state index in [1.54, 1.807) is 0 Å². The van der Waals surface area contributed by atoms with E-state index in [-0.39, 0.29) is 40.0 Å². The van der Waals surface area contributed by atoms with Gasteiger partial charge in [-0.2, -0.15) is 0 Å². The van der Waals surface area contributed by atoms with Crippen LogP contribution in [0.5, 0.6) is 0 Å². The van der Waals surface area contributed by atoms with Crippen molar-refractivity contribution < 1.29 is 14.5 Å². The number of hydrogen-bond donors (Lipinski definition) is 0. The van der Waals surface area contributed by atoms with Crippen LogP contribution in [0.4, 0.5) is 11.4 Å². The molecule has 2 amide bonds. The van der Waals surface area contributed by atoms with Crippen LogP contribution >= 0.6 is 11.6 Å². The summed E-state index contributed by atoms with van der Waals surface area (Å²) in [5.74, 6) is -2.29. The second kappa shape index (κ2) is 6.25. The van der Waals surface area contributed by atoms with Crippen LogP contribution in [-0.2, 0) is 9.59 Å². The molecule has 1 aliphatic heterocycles. The molecule has 7 heteroatoms. The lowest BCUT2D eigenvalue weighted by molar-refractivity contribution is -0.384. The van der Waals surface area contributed by atoms with E-state index in [0.29, 0.717) is 0 Å². The summed E-state index contributed by atoms with van der Waals surface area (Å²) in [4.78, 5) is 39.1. The Morgan fingerprint density at radius 2 is 1.23 bits per heavy atom. The first-order valence-corrected chi connectivity index (χ1v) is 10.4. The molecule has 3 aliphatic carbocycles. The number of nitro groups is 1. The van der Waals surface area contributed by atoms with E-state index in [4.69, 9.17) is 11.6 Å². The van der Waals surface area contributed by atoms with Crippen LogP contribution in [0.1, 0.15) is 34.1 Å². The summed E-state index contributed by atoms with van der Waals surface area (Å²) < 4.78 is 0. The maximum Gasteiger partial charge on any atom is 0.271 e. The van der Waals surface area contributed by atoms with Crippen molar-refractivity contribution in [2.24, 2.45) is 11.8 Å². The summed E-state index contributed by atoms with van der Waals surface area (Å²) in [5.41, 5.74) is 4.14. The van der Waals surface area contributed by atoms with Crippen LogP contribution in [0.3, 0.4) is 0 Å². The van der Waals surface area contributed by atoms with Crippen molar-refractivity contribution in [2.75, 3.05) is 4.90 Å². The zero-order valence-electron chi connectivity index (χ0n) is 16.1. The molecule has 3 aromatic rings. The van der Waals surface area contributed by atoms with Crippen molar-refractivity contribution in [3.05, 3.63) is 104 Å². The lowest BCUT2D eigenvalue weighted by Gasteiger charge is -2.45. The molecule has 1 saturated heterocycles. The summed E-state index contributed by atoms with van der Waals surface area (Å²) in [5, 5.41) is 11.4. The predicted molar refractivity (Wildman–Crippen MR) is 114 cm³/mol. The minimum atomic E-state index is -0.562. The summed E-state index contributed by atoms with van der Waals surface area (Å²) in [6, 6.07) is 19.7. The number of anilines is 1. The van der Waals surface area contributed by atoms with Crippen molar-refractivity contribution in [3.8, 4) is 0 Å². The van der Waals surface area contributed by atoms with Crippen molar-refractivity contribution in [3.63, 3.8) is 0 Å². The van der Waals surface area contributed by atoms with Crippen molar-refractivity contribution >= 4 is 34.8 Å². The van der Waals surface area contributed by atoms with Crippen molar-refractivity contribution in [1.82, 2.24) is 0 Å². The number of imide groups is 1. The normalized spacial score (nSPS) is 25.3. The molecule has 2 atom stereocenters. The molecule has 1 heterocycles. The number of benzene rings is 3. The van der Waals surface area contributed by atoms with Gasteiger partial charge in [0.15, 0.2) is 0 Å². The standard InChI is InChI=1S/C24H15ClN2O4/c25-17-10-9-12(27(30)31)11-18(17)26-23(28)21-19-13-5-1-2-6-14(13)20(22(21)24(26)29)16-8-4-3-7-15(16)19/h1-11,19-22H/t19?,20?,21-,22-/m0/s1. The number of rotatable bonds is 2. The first kappa shape index (κ1) is 18.3. The van der Waals surface area contributed by atoms with Gasteiger partial charge in [0.25, 0.3) is 5.69 Å². The first-order chi connectivity index (χ1) is 15.0. The zero-order chi connectivity index (χ0) is 21.4. The number of carbonyl (C=O) groups is 2. The molecule has 0 saturated carbocycles. The Kier molecular flexibility index (Phi) is 3.68. The monoisotopic (exact) mass is 430 g/mol. The van der Waals surface area contributed by atoms with Crippen molar-refractivity contribution in [2.45, 2.75) is 11.8 Å². The second-order valence-electron chi connectivity index (χ2n) is 8.17. The van der Waals surface area contributed by atoms with Gasteiger partial charge in [-0.05, 0) is 28.3 Å². The zero-order valence-corrected chi connectivity index (χ0v) is 16.8. The van der Waals surface area contributed by atoms with Gasteiger partial charge in [0.2, 0.25) is 11.8 Å². The van der Waals surface area contributed by atoms with Gasteiger partial charge in [0.1, 0.15) is 0 Å². The minimum Gasteiger partial charge on any atom is -0.274 e. The quantitative estimate of drug-likeness (QED) is 0.337. The smallest absolute Gasteiger partial charge is 0.271 e. The molecule has 0 spiro atoms. The highest BCUT2D eigenvalue weighted by Crippen LogP contribution is 2.61. The third-order valence-corrected chi connectivity index (χ3v) is 7.15. The number of amides is 2. The van der Waals surface area contributed by atoms with Gasteiger partial charge in [0, 0.05) is 24.0 Å². The molecule has 6 nitrogen and oxygen atoms in total. The summed E-state index contributed by atoms with van der Waals surface area (Å²) in [6.45, 7) is 0. The van der Waals surface area contributed by atoms with Crippen LogP contribution in [0.2, 0.25) is 5.02 Å². The summed E-state index contributed by atoms with van der Waals surface area (Å²) in [7, 11) is 0. The second-order valence-corrected chi connectivity index (χ2v) is 8.58. The number of halogens is 1. The minimum absolute atomic E-state index is 0.0766. The van der Waals surface area contributed by atoms with Crippen LogP contribution in [-0.4, -0.2) is 16.7 Å². The fraction of sp³-hybridized carbons (Fsp3) is 0.167. The summed E-state index contributed by atoms with van der Waals surface area (Å²) >= 11 is 6.31. The molecule has 0 N–H and O–H groups in total. The fourth-order valence-electron chi connectivity index (χ4n) is 5.70. The van der Waals surface area contributed by atoms with Gasteiger partial charge < -0.3 is 0 Å². The van der Waals surface area contributed by atoms with Crippen LogP contribution < -0.4 is 4.90 Å². The highest BCUT2D eigenvalue weighted by molar-refractivity contribution is 6.36. The maximum absolute atomic E-state index is 13.7. The van der Waals surface area contributed by atoms with Gasteiger partial charge in [-0.3, -0.25) is 19.7 Å². The number of non-ortho nitro benzene ring substituents is 1. The molecule has 152 valence electrons. The van der Waals surface area contributed by atoms with Crippen molar-refractivity contribution in [1.29, 1.82) is 0 Å². The van der Waals surface area contributed by atoms with Crippen LogP contribution in [0, 0.1) is 22.0 Å². The van der Waals surface area contributed by atoms with E-state index in [1.165, 1.54) is 18.2 Å². The topological polar surface area (TPSA) is 80.5 Å². The first-order valence-electron chi connectivity index (χ1n) is 9.98. The van der Waals surface area contributed by atoms with Gasteiger partial charge in [0.05, 0.1) is 27.5 Å². The van der Waals surface area contributed by atoms with E-state index in [0.717, 1.165) is 27.2 Å². The molecule has 3 aromatic carbocycles. The highest BCUT2D eigenvalue weighted by atomic mass is 35.5. The van der Waals surface area contributed by atoms with Crippen LogP contribution in [0.15, 0.2) is 66.7 Å². The van der Waals surface area contributed by atoms with E-state index >= 15 is 0 Å². The molecular formula is C24H15ClN2O4. The SMILES string of the molecule is O=C1[C@H]2C3c4ccccc4C(c4ccccc43)[C@@H]2C(=O)N1c1cc([N+](=O)[O-])ccc1Cl. The highest BCUT2D eigenvalue weighted by Gasteiger charge is 2.62. The Hall–Kier alpha value is -3.51. The molecule has 2 bridgehead atoms. The fourth-order valence-corrected chi connectivity index (χ4v) is 5.90. The number of carbonyl (C=O) groups excluding carboxylic acids is 2. The molecule has 7 rings (SSSR count). The lowest BCUT2D eigenvalue weighted by Crippen LogP contribution is -2.41. The molecule has 0 radical (unpaired) electrons. The molecule has 0 unspecified atom stereocenters. The molecule has 4 aliphatic rings. The Morgan fingerprint density at radius 1 is 0.774 bits per heavy atom. The number of hydrogen-bond acceptors (Lipinski definition) is 4. The Morgan fingerprint density at radius 3 is 1.65 bits per heavy atom. The predicted octanol–water partition coefficient (Wildman–Crippen LogP) is 4.64. The largest absolute Gasteiger partial charge is 0.274 e. The van der Waals surface area contributed by atoms with Crippen LogP contribution in [0.25, 0.3) is 0 Å². The molecular weight excluding hydrogens is 416 g/mol. The van der Waals surface area contributed by atoms with Gasteiger partial charge >= 0.3 is 0 Å². The number of nitro benzene ring substituents is 1. The molecule has 0 aromatic heterocycles. The maximum atomic E-state index is 13.7. The van der Waals surface area contributed by atoms with E-state index in [9.17, 15) is 19.7 Å².